The largest absolute Gasteiger partial charge is 0.495 e. The summed E-state index contributed by atoms with van der Waals surface area (Å²) in [6, 6.07) is 15.2. The van der Waals surface area contributed by atoms with Gasteiger partial charge in [-0.2, -0.15) is 0 Å². The lowest BCUT2D eigenvalue weighted by Crippen LogP contribution is -2.28. The Labute approximate surface area is 157 Å². The number of methoxy groups -OCH3 is 1. The number of urea groups is 1. The highest BCUT2D eigenvalue weighted by Crippen LogP contribution is 2.30. The first-order valence-electron chi connectivity index (χ1n) is 8.28. The van der Waals surface area contributed by atoms with E-state index in [1.54, 1.807) is 30.6 Å². The molecule has 6 heteroatoms. The molecule has 2 aromatic carbocycles. The first-order chi connectivity index (χ1) is 12.6. The lowest BCUT2D eigenvalue weighted by molar-refractivity contribution is 0.251. The first-order valence-corrected chi connectivity index (χ1v) is 9.10. The van der Waals surface area contributed by atoms with Crippen LogP contribution in [0.3, 0.4) is 0 Å². The monoisotopic (exact) mass is 367 g/mol. The zero-order chi connectivity index (χ0) is 18.5. The van der Waals surface area contributed by atoms with Crippen LogP contribution in [-0.2, 0) is 6.54 Å². The number of thiazole rings is 1. The molecular weight excluding hydrogens is 346 g/mol. The van der Waals surface area contributed by atoms with Crippen molar-refractivity contribution in [1.29, 1.82) is 0 Å². The van der Waals surface area contributed by atoms with E-state index in [9.17, 15) is 4.79 Å². The van der Waals surface area contributed by atoms with Gasteiger partial charge in [-0.15, -0.1) is 11.3 Å². The molecule has 0 saturated carbocycles. The van der Waals surface area contributed by atoms with Crippen LogP contribution in [0.15, 0.2) is 48.5 Å². The Morgan fingerprint density at radius 3 is 2.62 bits per heavy atom. The summed E-state index contributed by atoms with van der Waals surface area (Å²) in [6.07, 6.45) is 0. The number of hydrogen-bond acceptors (Lipinski definition) is 4. The molecule has 0 atom stereocenters. The fourth-order valence-electron chi connectivity index (χ4n) is 2.60. The van der Waals surface area contributed by atoms with Gasteiger partial charge in [0.05, 0.1) is 25.0 Å². The molecule has 3 rings (SSSR count). The second-order valence-electron chi connectivity index (χ2n) is 5.85. The van der Waals surface area contributed by atoms with E-state index in [4.69, 9.17) is 4.74 Å². The van der Waals surface area contributed by atoms with Crippen molar-refractivity contribution in [3.8, 4) is 16.3 Å². The molecule has 0 aliphatic carbocycles. The highest BCUT2D eigenvalue weighted by Gasteiger charge is 2.12. The van der Waals surface area contributed by atoms with Gasteiger partial charge in [0.15, 0.2) is 0 Å². The minimum Gasteiger partial charge on any atom is -0.495 e. The van der Waals surface area contributed by atoms with E-state index in [0.717, 1.165) is 21.1 Å². The number of carbonyl (C=O) groups is 1. The lowest BCUT2D eigenvalue weighted by Gasteiger charge is -2.10. The molecule has 1 aromatic heterocycles. The van der Waals surface area contributed by atoms with Crippen molar-refractivity contribution in [3.63, 3.8) is 0 Å². The summed E-state index contributed by atoms with van der Waals surface area (Å²) in [7, 11) is 1.58. The van der Waals surface area contributed by atoms with Gasteiger partial charge in [-0.05, 0) is 31.5 Å². The zero-order valence-corrected chi connectivity index (χ0v) is 15.8. The number of anilines is 1. The highest BCUT2D eigenvalue weighted by atomic mass is 32.1. The number of aryl methyl sites for hydroxylation is 2. The van der Waals surface area contributed by atoms with Crippen molar-refractivity contribution in [2.24, 2.45) is 0 Å². The summed E-state index contributed by atoms with van der Waals surface area (Å²) in [5, 5.41) is 6.67. The maximum absolute atomic E-state index is 12.2. The molecule has 3 aromatic rings. The van der Waals surface area contributed by atoms with Gasteiger partial charge >= 0.3 is 6.03 Å². The Hall–Kier alpha value is -2.86. The van der Waals surface area contributed by atoms with Crippen LogP contribution in [-0.4, -0.2) is 18.1 Å². The van der Waals surface area contributed by atoms with E-state index in [2.05, 4.69) is 34.7 Å². The van der Waals surface area contributed by atoms with Crippen LogP contribution < -0.4 is 15.4 Å². The molecule has 0 bridgehead atoms. The molecule has 0 fully saturated rings. The van der Waals surface area contributed by atoms with Crippen LogP contribution >= 0.6 is 11.3 Å². The van der Waals surface area contributed by atoms with Crippen molar-refractivity contribution in [3.05, 3.63) is 64.7 Å². The molecule has 0 aliphatic heterocycles. The van der Waals surface area contributed by atoms with E-state index >= 15 is 0 Å². The first kappa shape index (κ1) is 17.9. The maximum Gasteiger partial charge on any atom is 0.319 e. The molecule has 2 amide bonds. The minimum atomic E-state index is -0.278. The highest BCUT2D eigenvalue weighted by molar-refractivity contribution is 7.15. The van der Waals surface area contributed by atoms with Gasteiger partial charge in [0.2, 0.25) is 0 Å². The minimum absolute atomic E-state index is 0.278. The van der Waals surface area contributed by atoms with Gasteiger partial charge in [-0.3, -0.25) is 0 Å². The molecule has 0 saturated heterocycles. The molecule has 26 heavy (non-hydrogen) atoms. The topological polar surface area (TPSA) is 63.2 Å². The molecule has 0 radical (unpaired) electrons. The van der Waals surface area contributed by atoms with Crippen molar-refractivity contribution in [2.45, 2.75) is 20.4 Å². The van der Waals surface area contributed by atoms with E-state index in [1.807, 2.05) is 31.2 Å². The van der Waals surface area contributed by atoms with Crippen LogP contribution in [0.4, 0.5) is 10.5 Å². The molecule has 134 valence electrons. The third-order valence-corrected chi connectivity index (χ3v) is 5.22. The molecule has 2 N–H and O–H groups in total. The van der Waals surface area contributed by atoms with E-state index < -0.39 is 0 Å². The van der Waals surface area contributed by atoms with Gasteiger partial charge in [0.1, 0.15) is 10.8 Å². The fraction of sp³-hybridized carbons (Fsp3) is 0.200. The number of benzene rings is 2. The fourth-order valence-corrected chi connectivity index (χ4v) is 3.69. The van der Waals surface area contributed by atoms with Gasteiger partial charge in [-0.1, -0.05) is 36.4 Å². The van der Waals surface area contributed by atoms with Gasteiger partial charge in [0.25, 0.3) is 0 Å². The Bertz CT molecular complexity index is 921. The Morgan fingerprint density at radius 2 is 1.85 bits per heavy atom. The number of aromatic nitrogens is 1. The summed E-state index contributed by atoms with van der Waals surface area (Å²) in [6.45, 7) is 4.47. The second kappa shape index (κ2) is 8.01. The Morgan fingerprint density at radius 1 is 1.12 bits per heavy atom. The number of nitrogens with zero attached hydrogens (tertiary/aromatic N) is 1. The van der Waals surface area contributed by atoms with Crippen molar-refractivity contribution in [1.82, 2.24) is 10.3 Å². The maximum atomic E-state index is 12.2. The predicted octanol–water partition coefficient (Wildman–Crippen LogP) is 4.76. The molecule has 0 spiro atoms. The molecule has 0 unspecified atom stereocenters. The number of rotatable bonds is 5. The van der Waals surface area contributed by atoms with Crippen molar-refractivity contribution >= 4 is 23.1 Å². The summed E-state index contributed by atoms with van der Waals surface area (Å²) < 4.78 is 5.24. The predicted molar refractivity (Wildman–Crippen MR) is 106 cm³/mol. The third-order valence-electron chi connectivity index (χ3n) is 4.03. The quantitative estimate of drug-likeness (QED) is 0.683. The van der Waals surface area contributed by atoms with Crippen LogP contribution in [0, 0.1) is 13.8 Å². The lowest BCUT2D eigenvalue weighted by atomic mass is 10.1. The number of nitrogens with one attached hydrogen (secondary N) is 2. The Kier molecular flexibility index (Phi) is 5.53. The number of amides is 2. The number of carbonyl (C=O) groups excluding carboxylic acids is 1. The van der Waals surface area contributed by atoms with Crippen LogP contribution in [0.5, 0.6) is 5.75 Å². The SMILES string of the molecule is COc1ccccc1NC(=O)NCc1sc(-c2ccccc2C)nc1C. The van der Waals surface area contributed by atoms with E-state index in [0.29, 0.717) is 18.0 Å². The van der Waals surface area contributed by atoms with Crippen LogP contribution in [0.2, 0.25) is 0 Å². The van der Waals surface area contributed by atoms with Crippen molar-refractivity contribution < 1.29 is 9.53 Å². The standard InChI is InChI=1S/C20H21N3O2S/c1-13-8-4-5-9-15(13)19-22-14(2)18(26-19)12-21-20(24)23-16-10-6-7-11-17(16)25-3/h4-11H,12H2,1-3H3,(H2,21,23,24). The Balaban J connectivity index is 1.67. The number of ether oxygens (including phenoxy) is 1. The summed E-state index contributed by atoms with van der Waals surface area (Å²) in [4.78, 5) is 17.9. The summed E-state index contributed by atoms with van der Waals surface area (Å²) >= 11 is 1.60. The van der Waals surface area contributed by atoms with Crippen LogP contribution in [0.25, 0.3) is 10.6 Å². The number of para-hydroxylation sites is 2. The summed E-state index contributed by atoms with van der Waals surface area (Å²) in [5.41, 5.74) is 3.89. The second-order valence-corrected chi connectivity index (χ2v) is 6.93. The van der Waals surface area contributed by atoms with Crippen LogP contribution in [0.1, 0.15) is 16.1 Å². The van der Waals surface area contributed by atoms with E-state index in [-0.39, 0.29) is 6.03 Å². The molecule has 5 nitrogen and oxygen atoms in total. The molecule has 1 heterocycles. The number of hydrogen-bond donors (Lipinski definition) is 2. The smallest absolute Gasteiger partial charge is 0.319 e. The third kappa shape index (κ3) is 4.03. The normalized spacial score (nSPS) is 10.4. The van der Waals surface area contributed by atoms with E-state index in [1.165, 1.54) is 5.56 Å². The zero-order valence-electron chi connectivity index (χ0n) is 15.0. The summed E-state index contributed by atoms with van der Waals surface area (Å²) in [5.74, 6) is 0.624. The van der Waals surface area contributed by atoms with Gasteiger partial charge < -0.3 is 15.4 Å². The van der Waals surface area contributed by atoms with Gasteiger partial charge in [-0.25, -0.2) is 9.78 Å². The average Bonchev–Trinajstić information content (AvgIpc) is 3.01. The average molecular weight is 367 g/mol. The molecular formula is C20H21N3O2S. The van der Waals surface area contributed by atoms with Gasteiger partial charge in [0, 0.05) is 10.4 Å². The van der Waals surface area contributed by atoms with Crippen molar-refractivity contribution in [2.75, 3.05) is 12.4 Å². The molecule has 0 aliphatic rings.